The van der Waals surface area contributed by atoms with Crippen molar-refractivity contribution in [1.29, 1.82) is 0 Å². The van der Waals surface area contributed by atoms with Crippen LogP contribution in [0.25, 0.3) is 11.8 Å². The monoisotopic (exact) mass is 184 g/mol. The molecule has 0 saturated carbocycles. The van der Waals surface area contributed by atoms with Gasteiger partial charge in [-0.1, -0.05) is 0 Å². The molecule has 0 N–H and O–H groups in total. The van der Waals surface area contributed by atoms with Gasteiger partial charge in [0.15, 0.2) is 0 Å². The number of aromatic nitrogens is 2. The van der Waals surface area contributed by atoms with E-state index in [0.717, 1.165) is 0 Å². The van der Waals surface area contributed by atoms with Gasteiger partial charge in [-0.15, -0.1) is 0 Å². The third-order valence-electron chi connectivity index (χ3n) is 2.05. The van der Waals surface area contributed by atoms with Gasteiger partial charge in [0.2, 0.25) is 5.78 Å². The Labute approximate surface area is 78.3 Å². The molecule has 3 rings (SSSR count). The van der Waals surface area contributed by atoms with Crippen molar-refractivity contribution in [2.24, 2.45) is 9.98 Å². The van der Waals surface area contributed by atoms with E-state index in [4.69, 9.17) is 0 Å². The van der Waals surface area contributed by atoms with Crippen molar-refractivity contribution >= 4 is 29.6 Å². The van der Waals surface area contributed by atoms with Crippen LogP contribution >= 0.6 is 0 Å². The lowest BCUT2D eigenvalue weighted by Gasteiger charge is -2.01. The minimum atomic E-state index is -0.162. The summed E-state index contributed by atoms with van der Waals surface area (Å²) < 4.78 is 0. The average molecular weight is 184 g/mol. The predicted octanol–water partition coefficient (Wildman–Crippen LogP) is -1.57. The molecule has 5 nitrogen and oxygen atoms in total. The third-order valence-corrected chi connectivity index (χ3v) is 2.05. The number of hydrogen-bond donors (Lipinski definition) is 0. The fourth-order valence-corrected chi connectivity index (χ4v) is 1.45. The molecule has 1 aromatic heterocycles. The van der Waals surface area contributed by atoms with E-state index >= 15 is 0 Å². The smallest absolute Gasteiger partial charge is 0.208 e. The molecular weight excluding hydrogens is 180 g/mol. The van der Waals surface area contributed by atoms with E-state index in [1.165, 1.54) is 12.4 Å². The molecule has 0 radical (unpaired) electrons. The number of hydrogen-bond acceptors (Lipinski definition) is 5. The Morgan fingerprint density at radius 2 is 2.00 bits per heavy atom. The molecule has 0 amide bonds. The first-order valence-electron chi connectivity index (χ1n) is 4.04. The van der Waals surface area contributed by atoms with Crippen molar-refractivity contribution in [3.63, 3.8) is 0 Å². The summed E-state index contributed by atoms with van der Waals surface area (Å²) in [7, 11) is 0. The molecule has 1 aromatic rings. The van der Waals surface area contributed by atoms with Crippen LogP contribution in [0.15, 0.2) is 22.4 Å². The van der Waals surface area contributed by atoms with E-state index in [2.05, 4.69) is 20.0 Å². The SMILES string of the molecule is O=C1C=c2nccnc2=C2N=CN=C12. The van der Waals surface area contributed by atoms with E-state index in [0.29, 0.717) is 22.1 Å². The van der Waals surface area contributed by atoms with Crippen LogP contribution in [0, 0.1) is 0 Å². The van der Waals surface area contributed by atoms with Crippen LogP contribution in [-0.4, -0.2) is 27.8 Å². The highest BCUT2D eigenvalue weighted by molar-refractivity contribution is 6.64. The van der Waals surface area contributed by atoms with Gasteiger partial charge in [-0.05, 0) is 0 Å². The van der Waals surface area contributed by atoms with Gasteiger partial charge in [-0.25, -0.2) is 9.98 Å². The number of fused-ring (bicyclic) bond motifs is 2. The second kappa shape index (κ2) is 2.41. The highest BCUT2D eigenvalue weighted by Gasteiger charge is 2.22. The number of carbonyl (C=O) groups excluding carboxylic acids is 1. The van der Waals surface area contributed by atoms with Crippen LogP contribution in [0.4, 0.5) is 0 Å². The fourth-order valence-electron chi connectivity index (χ4n) is 1.45. The first kappa shape index (κ1) is 7.25. The second-order valence-corrected chi connectivity index (χ2v) is 2.87. The Hall–Kier alpha value is -2.17. The molecular formula is C9H4N4O. The Morgan fingerprint density at radius 1 is 1.14 bits per heavy atom. The van der Waals surface area contributed by atoms with Crippen LogP contribution in [-0.2, 0) is 4.79 Å². The summed E-state index contributed by atoms with van der Waals surface area (Å²) in [5, 5.41) is 1.19. The molecule has 2 heterocycles. The molecule has 0 unspecified atom stereocenters. The topological polar surface area (TPSA) is 67.6 Å². The van der Waals surface area contributed by atoms with Crippen molar-refractivity contribution < 1.29 is 4.79 Å². The summed E-state index contributed by atoms with van der Waals surface area (Å²) in [6.45, 7) is 0. The molecule has 14 heavy (non-hydrogen) atoms. The number of nitrogens with zero attached hydrogens (tertiary/aromatic N) is 4. The Morgan fingerprint density at radius 3 is 2.93 bits per heavy atom. The summed E-state index contributed by atoms with van der Waals surface area (Å²) >= 11 is 0. The van der Waals surface area contributed by atoms with Crippen molar-refractivity contribution in [3.05, 3.63) is 23.1 Å². The lowest BCUT2D eigenvalue weighted by atomic mass is 10.1. The highest BCUT2D eigenvalue weighted by atomic mass is 16.1. The maximum Gasteiger partial charge on any atom is 0.208 e. The molecule has 1 aliphatic carbocycles. The average Bonchev–Trinajstić information content (AvgIpc) is 2.67. The summed E-state index contributed by atoms with van der Waals surface area (Å²) in [6.07, 6.45) is 5.91. The van der Waals surface area contributed by atoms with Crippen molar-refractivity contribution in [1.82, 2.24) is 9.97 Å². The van der Waals surface area contributed by atoms with Gasteiger partial charge in [-0.2, -0.15) is 0 Å². The summed E-state index contributed by atoms with van der Waals surface area (Å²) in [5.74, 6) is -0.162. The predicted molar refractivity (Wildman–Crippen MR) is 50.1 cm³/mol. The minimum Gasteiger partial charge on any atom is -0.287 e. The summed E-state index contributed by atoms with van der Waals surface area (Å²) in [6, 6.07) is 0. The number of Topliss-reactive ketones (excluding diaryl/α,β-unsaturated/α-hetero) is 1. The molecule has 0 aromatic carbocycles. The molecule has 0 spiro atoms. The van der Waals surface area contributed by atoms with E-state index in [9.17, 15) is 4.79 Å². The first-order chi connectivity index (χ1) is 6.86. The van der Waals surface area contributed by atoms with Crippen molar-refractivity contribution in [3.8, 4) is 0 Å². The van der Waals surface area contributed by atoms with E-state index in [1.54, 1.807) is 12.4 Å². The standard InChI is InChI=1S/C9H4N4O/c14-6-3-5-7(11-2-1-10-5)9-8(6)12-4-13-9/h1-4H. The zero-order chi connectivity index (χ0) is 9.54. The van der Waals surface area contributed by atoms with Gasteiger partial charge < -0.3 is 0 Å². The number of ketones is 1. The van der Waals surface area contributed by atoms with Gasteiger partial charge in [-0.3, -0.25) is 14.8 Å². The minimum absolute atomic E-state index is 0.162. The lowest BCUT2D eigenvalue weighted by molar-refractivity contribution is -0.107. The van der Waals surface area contributed by atoms with Crippen LogP contribution in [0.3, 0.4) is 0 Å². The second-order valence-electron chi connectivity index (χ2n) is 2.87. The molecule has 0 fully saturated rings. The van der Waals surface area contributed by atoms with Gasteiger partial charge in [0, 0.05) is 18.5 Å². The number of carbonyl (C=O) groups is 1. The molecule has 1 aliphatic heterocycles. The normalized spacial score (nSPS) is 17.3. The van der Waals surface area contributed by atoms with Crippen LogP contribution in [0.1, 0.15) is 0 Å². The van der Waals surface area contributed by atoms with E-state index < -0.39 is 0 Å². The number of rotatable bonds is 0. The largest absolute Gasteiger partial charge is 0.287 e. The van der Waals surface area contributed by atoms with Crippen LogP contribution < -0.4 is 10.7 Å². The molecule has 0 saturated heterocycles. The molecule has 0 atom stereocenters. The van der Waals surface area contributed by atoms with Gasteiger partial charge >= 0.3 is 0 Å². The van der Waals surface area contributed by atoms with Crippen molar-refractivity contribution in [2.45, 2.75) is 0 Å². The summed E-state index contributed by atoms with van der Waals surface area (Å²) in [5.41, 5.74) is 0.888. The van der Waals surface area contributed by atoms with Gasteiger partial charge in [0.1, 0.15) is 23.1 Å². The van der Waals surface area contributed by atoms with Crippen LogP contribution in [0.5, 0.6) is 0 Å². The quantitative estimate of drug-likeness (QED) is 0.489. The maximum atomic E-state index is 11.5. The third kappa shape index (κ3) is 0.806. The molecule has 66 valence electrons. The Kier molecular flexibility index (Phi) is 1.25. The van der Waals surface area contributed by atoms with Gasteiger partial charge in [0.25, 0.3) is 0 Å². The van der Waals surface area contributed by atoms with Crippen molar-refractivity contribution in [2.75, 3.05) is 0 Å². The first-order valence-corrected chi connectivity index (χ1v) is 4.04. The maximum absolute atomic E-state index is 11.5. The fraction of sp³-hybridized carbons (Fsp3) is 0. The zero-order valence-electron chi connectivity index (χ0n) is 7.01. The molecule has 5 heteroatoms. The Balaban J connectivity index is 2.57. The molecule has 0 bridgehead atoms. The zero-order valence-corrected chi connectivity index (χ0v) is 7.01. The highest BCUT2D eigenvalue weighted by Crippen LogP contribution is 2.07. The summed E-state index contributed by atoms with van der Waals surface area (Å²) in [4.78, 5) is 27.5. The van der Waals surface area contributed by atoms with Gasteiger partial charge in [0.05, 0.1) is 5.35 Å². The van der Waals surface area contributed by atoms with E-state index in [-0.39, 0.29) is 5.78 Å². The lowest BCUT2D eigenvalue weighted by Crippen LogP contribution is -2.40. The Bertz CT molecular complexity index is 612. The molecule has 2 aliphatic rings. The van der Waals surface area contributed by atoms with E-state index in [1.807, 2.05) is 0 Å². The number of aliphatic imine (C=N–C) groups is 2. The van der Waals surface area contributed by atoms with Crippen LogP contribution in [0.2, 0.25) is 0 Å².